The summed E-state index contributed by atoms with van der Waals surface area (Å²) in [5, 5.41) is 3.22. The first kappa shape index (κ1) is 12.2. The Bertz CT molecular complexity index is 565. The molecule has 0 bridgehead atoms. The highest BCUT2D eigenvalue weighted by molar-refractivity contribution is 5.54. The van der Waals surface area contributed by atoms with E-state index in [0.717, 1.165) is 26.1 Å². The second-order valence-corrected chi connectivity index (χ2v) is 4.97. The minimum atomic E-state index is 0.862. The number of nitrogens with one attached hydrogen (secondary N) is 1. The average Bonchev–Trinajstić information content (AvgIpc) is 2.48. The summed E-state index contributed by atoms with van der Waals surface area (Å²) < 4.78 is 0. The van der Waals surface area contributed by atoms with E-state index in [4.69, 9.17) is 0 Å². The van der Waals surface area contributed by atoms with Crippen molar-refractivity contribution in [2.45, 2.75) is 19.5 Å². The fourth-order valence-corrected chi connectivity index (χ4v) is 2.76. The topological polar surface area (TPSA) is 28.2 Å². The number of pyridine rings is 1. The fraction of sp³-hybridized carbons (Fsp3) is 0.312. The maximum Gasteiger partial charge on any atom is 0.0445 e. The van der Waals surface area contributed by atoms with Gasteiger partial charge >= 0.3 is 0 Å². The van der Waals surface area contributed by atoms with Gasteiger partial charge in [0.2, 0.25) is 0 Å². The van der Waals surface area contributed by atoms with E-state index >= 15 is 0 Å². The summed E-state index contributed by atoms with van der Waals surface area (Å²) >= 11 is 0. The molecule has 1 aromatic heterocycles. The zero-order chi connectivity index (χ0) is 13.1. The van der Waals surface area contributed by atoms with Crippen LogP contribution < -0.4 is 10.2 Å². The van der Waals surface area contributed by atoms with Crippen LogP contribution in [-0.4, -0.2) is 18.6 Å². The van der Waals surface area contributed by atoms with Gasteiger partial charge in [-0.05, 0) is 30.7 Å². The van der Waals surface area contributed by atoms with E-state index in [9.17, 15) is 0 Å². The lowest BCUT2D eigenvalue weighted by atomic mass is 9.99. The lowest BCUT2D eigenvalue weighted by Crippen LogP contribution is -2.31. The Morgan fingerprint density at radius 2 is 2.05 bits per heavy atom. The summed E-state index contributed by atoms with van der Waals surface area (Å²) in [7, 11) is 1.97. The molecule has 19 heavy (non-hydrogen) atoms. The Morgan fingerprint density at radius 3 is 2.89 bits per heavy atom. The van der Waals surface area contributed by atoms with Gasteiger partial charge in [-0.3, -0.25) is 4.98 Å². The van der Waals surface area contributed by atoms with Gasteiger partial charge in [-0.15, -0.1) is 0 Å². The number of fused-ring (bicyclic) bond motifs is 1. The maximum absolute atomic E-state index is 4.24. The molecule has 0 atom stereocenters. The Morgan fingerprint density at radius 1 is 1.21 bits per heavy atom. The van der Waals surface area contributed by atoms with Crippen LogP contribution in [0.4, 0.5) is 5.69 Å². The zero-order valence-electron chi connectivity index (χ0n) is 11.3. The summed E-state index contributed by atoms with van der Waals surface area (Å²) in [5.41, 5.74) is 5.51. The molecule has 0 amide bonds. The molecule has 98 valence electrons. The van der Waals surface area contributed by atoms with Crippen LogP contribution in [0.3, 0.4) is 0 Å². The van der Waals surface area contributed by atoms with Crippen LogP contribution in [-0.2, 0) is 19.5 Å². The molecule has 0 fully saturated rings. The van der Waals surface area contributed by atoms with Crippen molar-refractivity contribution in [3.05, 3.63) is 59.4 Å². The van der Waals surface area contributed by atoms with Gasteiger partial charge in [0, 0.05) is 43.3 Å². The standard InChI is InChI=1S/C16H19N3/c1-17-10-15-11-18-8-6-16(15)19-9-7-13-4-2-3-5-14(13)12-19/h2-6,8,11,17H,7,9-10,12H2,1H3. The van der Waals surface area contributed by atoms with Crippen LogP contribution in [0, 0.1) is 0 Å². The van der Waals surface area contributed by atoms with Crippen molar-refractivity contribution in [3.8, 4) is 0 Å². The molecule has 3 heteroatoms. The van der Waals surface area contributed by atoms with E-state index in [1.165, 1.54) is 22.4 Å². The number of hydrogen-bond donors (Lipinski definition) is 1. The monoisotopic (exact) mass is 253 g/mol. The number of anilines is 1. The van der Waals surface area contributed by atoms with Crippen LogP contribution >= 0.6 is 0 Å². The first-order valence-electron chi connectivity index (χ1n) is 6.77. The van der Waals surface area contributed by atoms with Crippen LogP contribution in [0.5, 0.6) is 0 Å². The van der Waals surface area contributed by atoms with Crippen molar-refractivity contribution < 1.29 is 0 Å². The predicted molar refractivity (Wildman–Crippen MR) is 78.2 cm³/mol. The molecule has 3 nitrogen and oxygen atoms in total. The second kappa shape index (κ2) is 5.41. The van der Waals surface area contributed by atoms with Gasteiger partial charge in [-0.2, -0.15) is 0 Å². The Hall–Kier alpha value is -1.87. The lowest BCUT2D eigenvalue weighted by molar-refractivity contribution is 0.718. The average molecular weight is 253 g/mol. The van der Waals surface area contributed by atoms with E-state index in [2.05, 4.69) is 45.5 Å². The molecule has 1 aromatic carbocycles. The third-order valence-corrected chi connectivity index (χ3v) is 3.72. The molecular weight excluding hydrogens is 234 g/mol. The molecule has 0 radical (unpaired) electrons. The second-order valence-electron chi connectivity index (χ2n) is 4.97. The maximum atomic E-state index is 4.24. The largest absolute Gasteiger partial charge is 0.367 e. The molecule has 0 unspecified atom stereocenters. The van der Waals surface area contributed by atoms with E-state index in [-0.39, 0.29) is 0 Å². The summed E-state index contributed by atoms with van der Waals surface area (Å²) in [6, 6.07) is 10.9. The summed E-state index contributed by atoms with van der Waals surface area (Å²) in [6.07, 6.45) is 4.97. The highest BCUT2D eigenvalue weighted by Gasteiger charge is 2.17. The molecule has 0 saturated heterocycles. The summed E-state index contributed by atoms with van der Waals surface area (Å²) in [6.45, 7) is 2.94. The Kier molecular flexibility index (Phi) is 3.47. The van der Waals surface area contributed by atoms with Crippen LogP contribution in [0.2, 0.25) is 0 Å². The summed E-state index contributed by atoms with van der Waals surface area (Å²) in [5.74, 6) is 0. The molecule has 0 aliphatic carbocycles. The molecule has 2 heterocycles. The minimum absolute atomic E-state index is 0.862. The third kappa shape index (κ3) is 2.47. The van der Waals surface area contributed by atoms with Gasteiger partial charge < -0.3 is 10.2 Å². The van der Waals surface area contributed by atoms with E-state index in [1.807, 2.05) is 19.4 Å². The SMILES string of the molecule is CNCc1cnccc1N1CCc2ccccc2C1. The Labute approximate surface area is 114 Å². The molecule has 1 N–H and O–H groups in total. The number of nitrogens with zero attached hydrogens (tertiary/aromatic N) is 2. The number of rotatable bonds is 3. The predicted octanol–water partition coefficient (Wildman–Crippen LogP) is 2.36. The van der Waals surface area contributed by atoms with Crippen LogP contribution in [0.15, 0.2) is 42.7 Å². The van der Waals surface area contributed by atoms with Gasteiger partial charge in [0.25, 0.3) is 0 Å². The fourth-order valence-electron chi connectivity index (χ4n) is 2.76. The van der Waals surface area contributed by atoms with Crippen molar-refractivity contribution in [2.24, 2.45) is 0 Å². The lowest BCUT2D eigenvalue weighted by Gasteiger charge is -2.32. The van der Waals surface area contributed by atoms with E-state index in [1.54, 1.807) is 0 Å². The van der Waals surface area contributed by atoms with Gasteiger partial charge in [0.1, 0.15) is 0 Å². The molecule has 1 aliphatic heterocycles. The quantitative estimate of drug-likeness (QED) is 0.910. The number of hydrogen-bond acceptors (Lipinski definition) is 3. The molecule has 3 rings (SSSR count). The molecular formula is C16H19N3. The first-order valence-corrected chi connectivity index (χ1v) is 6.77. The van der Waals surface area contributed by atoms with Crippen molar-refractivity contribution in [3.63, 3.8) is 0 Å². The van der Waals surface area contributed by atoms with Gasteiger partial charge in [-0.1, -0.05) is 24.3 Å². The number of aromatic nitrogens is 1. The third-order valence-electron chi connectivity index (χ3n) is 3.72. The van der Waals surface area contributed by atoms with Crippen molar-refractivity contribution in [1.29, 1.82) is 0 Å². The Balaban J connectivity index is 1.89. The first-order chi connectivity index (χ1) is 9.38. The highest BCUT2D eigenvalue weighted by atomic mass is 15.1. The molecule has 1 aliphatic rings. The van der Waals surface area contributed by atoms with Gasteiger partial charge in [-0.25, -0.2) is 0 Å². The van der Waals surface area contributed by atoms with E-state index in [0.29, 0.717) is 0 Å². The smallest absolute Gasteiger partial charge is 0.0445 e. The molecule has 2 aromatic rings. The molecule has 0 spiro atoms. The zero-order valence-corrected chi connectivity index (χ0v) is 11.3. The van der Waals surface area contributed by atoms with Crippen molar-refractivity contribution in [2.75, 3.05) is 18.5 Å². The normalized spacial score (nSPS) is 14.3. The van der Waals surface area contributed by atoms with Gasteiger partial charge in [0.15, 0.2) is 0 Å². The van der Waals surface area contributed by atoms with E-state index < -0.39 is 0 Å². The van der Waals surface area contributed by atoms with Crippen molar-refractivity contribution in [1.82, 2.24) is 10.3 Å². The van der Waals surface area contributed by atoms with Crippen LogP contribution in [0.1, 0.15) is 16.7 Å². The minimum Gasteiger partial charge on any atom is -0.367 e. The highest BCUT2D eigenvalue weighted by Crippen LogP contribution is 2.26. The number of benzene rings is 1. The van der Waals surface area contributed by atoms with Gasteiger partial charge in [0.05, 0.1) is 0 Å². The van der Waals surface area contributed by atoms with Crippen LogP contribution in [0.25, 0.3) is 0 Å². The summed E-state index contributed by atoms with van der Waals surface area (Å²) in [4.78, 5) is 6.69. The van der Waals surface area contributed by atoms with Crippen molar-refractivity contribution >= 4 is 5.69 Å². The molecule has 0 saturated carbocycles.